The number of hydrogen-bond donors (Lipinski definition) is 1. The molecule has 1 N–H and O–H groups in total. The smallest absolute Gasteiger partial charge is 0.336 e. The molecular formula is C23H25NO6S. The number of carbonyl (C=O) groups is 1. The molecule has 7 nitrogen and oxygen atoms in total. The van der Waals surface area contributed by atoms with Crippen LogP contribution in [0, 0.1) is 6.92 Å². The van der Waals surface area contributed by atoms with Crippen molar-refractivity contribution in [3.63, 3.8) is 0 Å². The van der Waals surface area contributed by atoms with Gasteiger partial charge in [-0.05, 0) is 49.6 Å². The van der Waals surface area contributed by atoms with Crippen molar-refractivity contribution in [2.24, 2.45) is 0 Å². The van der Waals surface area contributed by atoms with E-state index in [0.29, 0.717) is 5.58 Å². The fourth-order valence-corrected chi connectivity index (χ4v) is 4.48. The zero-order chi connectivity index (χ0) is 22.6. The Kier molecular flexibility index (Phi) is 6.92. The molecule has 0 fully saturated rings. The lowest BCUT2D eigenvalue weighted by atomic mass is 10.1. The van der Waals surface area contributed by atoms with E-state index in [1.807, 2.05) is 13.8 Å². The Morgan fingerprint density at radius 1 is 1.10 bits per heavy atom. The third kappa shape index (κ3) is 5.39. The van der Waals surface area contributed by atoms with E-state index in [0.717, 1.165) is 29.4 Å². The Morgan fingerprint density at radius 2 is 1.81 bits per heavy atom. The summed E-state index contributed by atoms with van der Waals surface area (Å²) >= 11 is 0. The van der Waals surface area contributed by atoms with E-state index in [9.17, 15) is 18.0 Å². The SMILES string of the molecule is CCCc1cc(=O)oc2cc(OC(=O)[C@@H](CC)NS(=O)(=O)c3ccc(C)cc3)ccc12. The molecule has 31 heavy (non-hydrogen) atoms. The van der Waals surface area contributed by atoms with Crippen LogP contribution in [0.5, 0.6) is 5.75 Å². The maximum absolute atomic E-state index is 12.6. The van der Waals surface area contributed by atoms with Crippen molar-refractivity contribution >= 4 is 27.0 Å². The van der Waals surface area contributed by atoms with Crippen LogP contribution in [-0.4, -0.2) is 20.4 Å². The average molecular weight is 444 g/mol. The van der Waals surface area contributed by atoms with Crippen LogP contribution in [0.2, 0.25) is 0 Å². The number of benzene rings is 2. The Balaban J connectivity index is 1.81. The number of esters is 1. The molecule has 0 saturated heterocycles. The quantitative estimate of drug-likeness (QED) is 0.323. The Morgan fingerprint density at radius 3 is 2.45 bits per heavy atom. The molecular weight excluding hydrogens is 418 g/mol. The molecule has 0 bridgehead atoms. The average Bonchev–Trinajstić information content (AvgIpc) is 2.72. The minimum absolute atomic E-state index is 0.0697. The molecule has 0 radical (unpaired) electrons. The molecule has 0 aliphatic rings. The first-order chi connectivity index (χ1) is 14.7. The van der Waals surface area contributed by atoms with E-state index in [4.69, 9.17) is 9.15 Å². The van der Waals surface area contributed by atoms with Crippen LogP contribution in [0.25, 0.3) is 11.0 Å². The summed E-state index contributed by atoms with van der Waals surface area (Å²) in [5, 5.41) is 0.772. The van der Waals surface area contributed by atoms with E-state index in [-0.39, 0.29) is 17.1 Å². The van der Waals surface area contributed by atoms with Crippen LogP contribution < -0.4 is 15.1 Å². The second-order valence-corrected chi connectivity index (χ2v) is 9.03. The van der Waals surface area contributed by atoms with Crippen molar-refractivity contribution in [2.45, 2.75) is 51.0 Å². The van der Waals surface area contributed by atoms with Gasteiger partial charge < -0.3 is 9.15 Å². The lowest BCUT2D eigenvalue weighted by Gasteiger charge is -2.16. The summed E-state index contributed by atoms with van der Waals surface area (Å²) in [4.78, 5) is 24.5. The monoisotopic (exact) mass is 443 g/mol. The minimum atomic E-state index is -3.89. The molecule has 0 saturated carbocycles. The number of ether oxygens (including phenoxy) is 1. The van der Waals surface area contributed by atoms with Gasteiger partial charge in [-0.1, -0.05) is 38.0 Å². The summed E-state index contributed by atoms with van der Waals surface area (Å²) in [6.45, 7) is 5.55. The predicted molar refractivity (Wildman–Crippen MR) is 118 cm³/mol. The van der Waals surface area contributed by atoms with E-state index in [1.54, 1.807) is 31.2 Å². The first-order valence-electron chi connectivity index (χ1n) is 10.1. The molecule has 3 aromatic rings. The fraction of sp³-hybridized carbons (Fsp3) is 0.304. The highest BCUT2D eigenvalue weighted by atomic mass is 32.2. The van der Waals surface area contributed by atoms with Gasteiger partial charge in [-0.15, -0.1) is 0 Å². The number of rotatable bonds is 8. The number of fused-ring (bicyclic) bond motifs is 1. The summed E-state index contributed by atoms with van der Waals surface area (Å²) in [5.74, 6) is -0.577. The molecule has 0 aliphatic heterocycles. The highest BCUT2D eigenvalue weighted by Gasteiger charge is 2.26. The summed E-state index contributed by atoms with van der Waals surface area (Å²) in [6, 6.07) is 11.5. The maximum Gasteiger partial charge on any atom is 0.336 e. The van der Waals surface area contributed by atoms with Gasteiger partial charge in [0.15, 0.2) is 0 Å². The Hall–Kier alpha value is -2.97. The van der Waals surface area contributed by atoms with Crippen LogP contribution in [0.1, 0.15) is 37.8 Å². The molecule has 0 unspecified atom stereocenters. The Bertz CT molecular complexity index is 1250. The van der Waals surface area contributed by atoms with Gasteiger partial charge in [0.05, 0.1) is 4.90 Å². The molecule has 0 spiro atoms. The first-order valence-corrected chi connectivity index (χ1v) is 11.6. The molecule has 0 aliphatic carbocycles. The van der Waals surface area contributed by atoms with Gasteiger partial charge in [0.25, 0.3) is 0 Å². The molecule has 3 rings (SSSR count). The number of aryl methyl sites for hydroxylation is 2. The van der Waals surface area contributed by atoms with Crippen molar-refractivity contribution in [1.29, 1.82) is 0 Å². The fourth-order valence-electron chi connectivity index (χ4n) is 3.21. The van der Waals surface area contributed by atoms with Crippen LogP contribution in [0.4, 0.5) is 0 Å². The van der Waals surface area contributed by atoms with Gasteiger partial charge in [0.2, 0.25) is 10.0 Å². The van der Waals surface area contributed by atoms with Crippen molar-refractivity contribution in [3.8, 4) is 5.75 Å². The molecule has 1 heterocycles. The zero-order valence-electron chi connectivity index (χ0n) is 17.7. The number of sulfonamides is 1. The van der Waals surface area contributed by atoms with Gasteiger partial charge in [-0.3, -0.25) is 0 Å². The Labute approximate surface area is 181 Å². The van der Waals surface area contributed by atoms with Crippen molar-refractivity contribution < 1.29 is 22.4 Å². The van der Waals surface area contributed by atoms with E-state index in [2.05, 4.69) is 4.72 Å². The molecule has 1 atom stereocenters. The van der Waals surface area contributed by atoms with Gasteiger partial charge >= 0.3 is 11.6 Å². The summed E-state index contributed by atoms with van der Waals surface area (Å²) in [5.41, 5.74) is 1.63. The number of hydrogen-bond acceptors (Lipinski definition) is 6. The first kappa shape index (κ1) is 22.7. The van der Waals surface area contributed by atoms with Crippen molar-refractivity contribution in [2.75, 3.05) is 0 Å². The van der Waals surface area contributed by atoms with Crippen LogP contribution >= 0.6 is 0 Å². The molecule has 8 heteroatoms. The lowest BCUT2D eigenvalue weighted by Crippen LogP contribution is -2.42. The normalized spacial score (nSPS) is 12.6. The van der Waals surface area contributed by atoms with Gasteiger partial charge in [-0.25, -0.2) is 18.0 Å². The molecule has 0 amide bonds. The summed E-state index contributed by atoms with van der Waals surface area (Å²) < 4.78 is 38.3. The minimum Gasteiger partial charge on any atom is -0.425 e. The van der Waals surface area contributed by atoms with Gasteiger partial charge in [-0.2, -0.15) is 4.72 Å². The summed E-state index contributed by atoms with van der Waals surface area (Å²) in [7, 11) is -3.89. The predicted octanol–water partition coefficient (Wildman–Crippen LogP) is 3.72. The van der Waals surface area contributed by atoms with E-state index >= 15 is 0 Å². The topological polar surface area (TPSA) is 103 Å². The largest absolute Gasteiger partial charge is 0.425 e. The standard InChI is InChI=1S/C23H25NO6S/c1-4-6-16-13-22(25)30-21-14-17(9-12-19(16)21)29-23(26)20(5-2)24-31(27,28)18-10-7-15(3)8-11-18/h7-14,20,24H,4-6H2,1-3H3/t20-/m1/s1. The number of nitrogens with one attached hydrogen (secondary N) is 1. The number of carbonyl (C=O) groups excluding carboxylic acids is 1. The van der Waals surface area contributed by atoms with Crippen LogP contribution in [0.3, 0.4) is 0 Å². The third-order valence-corrected chi connectivity index (χ3v) is 6.35. The third-order valence-electron chi connectivity index (χ3n) is 4.86. The zero-order valence-corrected chi connectivity index (χ0v) is 18.5. The van der Waals surface area contributed by atoms with Crippen LogP contribution in [-0.2, 0) is 21.2 Å². The molecule has 1 aromatic heterocycles. The van der Waals surface area contributed by atoms with Gasteiger partial charge in [0, 0.05) is 17.5 Å². The molecule has 164 valence electrons. The second-order valence-electron chi connectivity index (χ2n) is 7.31. The van der Waals surface area contributed by atoms with Crippen LogP contribution in [0.15, 0.2) is 62.6 Å². The van der Waals surface area contributed by atoms with Crippen molar-refractivity contribution in [3.05, 3.63) is 70.1 Å². The van der Waals surface area contributed by atoms with Gasteiger partial charge in [0.1, 0.15) is 17.4 Å². The highest BCUT2D eigenvalue weighted by molar-refractivity contribution is 7.89. The van der Waals surface area contributed by atoms with E-state index in [1.165, 1.54) is 24.3 Å². The maximum atomic E-state index is 12.6. The molecule has 2 aromatic carbocycles. The van der Waals surface area contributed by atoms with E-state index < -0.39 is 27.7 Å². The second kappa shape index (κ2) is 9.45. The summed E-state index contributed by atoms with van der Waals surface area (Å²) in [6.07, 6.45) is 1.79. The van der Waals surface area contributed by atoms with Crippen molar-refractivity contribution in [1.82, 2.24) is 4.72 Å². The highest BCUT2D eigenvalue weighted by Crippen LogP contribution is 2.24. The lowest BCUT2D eigenvalue weighted by molar-refractivity contribution is -0.136.